The number of likely N-dealkylation sites (tertiary alicyclic amines) is 1. The first kappa shape index (κ1) is 46.9. The number of carbonyl (C=O) groups is 2. The van der Waals surface area contributed by atoms with E-state index in [9.17, 15) is 9.59 Å². The Hall–Kier alpha value is -6.78. The van der Waals surface area contributed by atoms with Crippen LogP contribution in [-0.2, 0) is 23.6 Å². The van der Waals surface area contributed by atoms with E-state index in [0.29, 0.717) is 46.3 Å². The van der Waals surface area contributed by atoms with Gasteiger partial charge in [-0.05, 0) is 123 Å². The molecule has 20 nitrogen and oxygen atoms in total. The topological polar surface area (TPSA) is 205 Å². The number of nitrogens with zero attached hydrogens (tertiary/aromatic N) is 14. The smallest absolute Gasteiger partial charge is 0.421 e. The number of carbonyl (C=O) groups excluding carboxylic acids is 2. The van der Waals surface area contributed by atoms with Gasteiger partial charge in [-0.25, -0.2) is 24.5 Å². The summed E-state index contributed by atoms with van der Waals surface area (Å²) in [6.45, 7) is 17.0. The predicted octanol–water partition coefficient (Wildman–Crippen LogP) is 9.24. The van der Waals surface area contributed by atoms with E-state index in [1.165, 1.54) is 28.0 Å². The zero-order chi connectivity index (χ0) is 49.2. The summed E-state index contributed by atoms with van der Waals surface area (Å²) >= 11 is 2.58. The molecule has 22 heteroatoms. The van der Waals surface area contributed by atoms with Gasteiger partial charge in [0.1, 0.15) is 32.8 Å². The first-order valence-corrected chi connectivity index (χ1v) is 25.1. The fourth-order valence-corrected chi connectivity index (χ4v) is 10.7. The van der Waals surface area contributed by atoms with Crippen LogP contribution in [0.2, 0.25) is 0 Å². The highest BCUT2D eigenvalue weighted by Crippen LogP contribution is 2.44. The van der Waals surface area contributed by atoms with E-state index in [2.05, 4.69) is 30.5 Å². The Morgan fingerprint density at radius 3 is 2.16 bits per heavy atom. The van der Waals surface area contributed by atoms with E-state index >= 15 is 0 Å². The fourth-order valence-electron chi connectivity index (χ4n) is 9.26. The summed E-state index contributed by atoms with van der Waals surface area (Å²) in [4.78, 5) is 43.0. The van der Waals surface area contributed by atoms with Crippen molar-refractivity contribution in [2.75, 3.05) is 29.9 Å². The monoisotopic (exact) mass is 986 g/mol. The lowest BCUT2D eigenvalue weighted by Crippen LogP contribution is -2.44. The molecular formula is C48H58N16O4S2. The molecule has 0 aromatic carbocycles. The Morgan fingerprint density at radius 1 is 0.771 bits per heavy atom. The average molecular weight is 987 g/mol. The van der Waals surface area contributed by atoms with Gasteiger partial charge in [0.15, 0.2) is 11.3 Å². The van der Waals surface area contributed by atoms with Gasteiger partial charge in [0.25, 0.3) is 0 Å². The molecule has 10 heterocycles. The van der Waals surface area contributed by atoms with E-state index in [1.807, 2.05) is 111 Å². The Balaban J connectivity index is 1.08. The summed E-state index contributed by atoms with van der Waals surface area (Å²) in [7, 11) is 3.74. The van der Waals surface area contributed by atoms with Crippen LogP contribution in [0, 0.1) is 13.8 Å². The van der Waals surface area contributed by atoms with E-state index in [1.54, 1.807) is 31.2 Å². The van der Waals surface area contributed by atoms with Crippen LogP contribution in [-0.4, -0.2) is 105 Å². The molecular weight excluding hydrogens is 929 g/mol. The number of piperidine rings is 2. The van der Waals surface area contributed by atoms with Crippen molar-refractivity contribution in [3.8, 4) is 22.3 Å². The number of aryl methyl sites for hydroxylation is 4. The summed E-state index contributed by atoms with van der Waals surface area (Å²) in [5.74, 6) is 1.10. The maximum Gasteiger partial charge on any atom is 0.421 e. The Labute approximate surface area is 413 Å². The summed E-state index contributed by atoms with van der Waals surface area (Å²) in [5.41, 5.74) is 6.75. The van der Waals surface area contributed by atoms with Crippen LogP contribution in [0.3, 0.4) is 0 Å². The minimum Gasteiger partial charge on any atom is -0.444 e. The third kappa shape index (κ3) is 9.46. The zero-order valence-electron chi connectivity index (χ0n) is 41.1. The first-order chi connectivity index (χ1) is 33.4. The van der Waals surface area contributed by atoms with Gasteiger partial charge < -0.3 is 20.1 Å². The van der Waals surface area contributed by atoms with E-state index in [4.69, 9.17) is 34.7 Å². The van der Waals surface area contributed by atoms with Gasteiger partial charge in [0.05, 0.1) is 58.7 Å². The number of hydrogen-bond acceptors (Lipinski definition) is 16. The lowest BCUT2D eigenvalue weighted by molar-refractivity contribution is 0.00630. The molecule has 70 heavy (non-hydrogen) atoms. The molecule has 0 saturated carbocycles. The largest absolute Gasteiger partial charge is 0.444 e. The standard InChI is InChI=1S/C48H58N16O4S2/c1-27-16-39(69-57-27)55-38-18-35(29-12-11-15-49-20-29)53-44-33(23-51-63(38)44)34-26-60(10)56-42(34)37-14-13-30(25-61(37)45(65)67-47(3,4)5)36-19-40(62(41-17-28(2)58-70-41)46(66)68-48(6,7)8)64-43(54-36)32(22-52-64)31-21-50-59(9)24-31/h16-19,21-24,26,29-30,37,49,55H,11-15,20,25H2,1-10H3. The van der Waals surface area contributed by atoms with Gasteiger partial charge in [-0.3, -0.25) is 14.3 Å². The van der Waals surface area contributed by atoms with Crippen molar-refractivity contribution in [3.05, 3.63) is 83.7 Å². The third-order valence-electron chi connectivity index (χ3n) is 12.3. The van der Waals surface area contributed by atoms with E-state index in [-0.39, 0.29) is 18.4 Å². The molecule has 2 saturated heterocycles. The molecule has 2 aliphatic rings. The number of ether oxygens (including phenoxy) is 2. The van der Waals surface area contributed by atoms with E-state index in [0.717, 1.165) is 76.1 Å². The SMILES string of the molecule is Cc1cc(Nc2cc(C3CCCNC3)nc3c(-c4cn(C)nc4C4CCC(c5cc(N(C(=O)OC(C)(C)C)c6cc(C)ns6)n6ncc(-c7cnn(C)c7)c6n5)CN4C(=O)OC(C)(C)C)cnn23)sn1. The third-order valence-corrected chi connectivity index (χ3v) is 14.0. The second-order valence-electron chi connectivity index (χ2n) is 20.2. The number of fused-ring (bicyclic) bond motifs is 2. The Morgan fingerprint density at radius 2 is 1.49 bits per heavy atom. The summed E-state index contributed by atoms with van der Waals surface area (Å²) in [6.07, 6.45) is 11.3. The minimum atomic E-state index is -0.805. The van der Waals surface area contributed by atoms with Crippen molar-refractivity contribution in [3.63, 3.8) is 0 Å². The van der Waals surface area contributed by atoms with Gasteiger partial charge >= 0.3 is 12.2 Å². The molecule has 2 fully saturated rings. The molecule has 2 aliphatic heterocycles. The molecule has 2 N–H and O–H groups in total. The van der Waals surface area contributed by atoms with Crippen LogP contribution >= 0.6 is 23.1 Å². The molecule has 3 unspecified atom stereocenters. The van der Waals surface area contributed by atoms with Gasteiger partial charge in [-0.15, -0.1) is 0 Å². The highest BCUT2D eigenvalue weighted by Gasteiger charge is 2.40. The molecule has 8 aromatic rings. The maximum atomic E-state index is 14.7. The first-order valence-electron chi connectivity index (χ1n) is 23.5. The number of rotatable bonds is 9. The highest BCUT2D eigenvalue weighted by molar-refractivity contribution is 7.10. The van der Waals surface area contributed by atoms with E-state index < -0.39 is 29.4 Å². The van der Waals surface area contributed by atoms with Gasteiger partial charge in [0, 0.05) is 80.2 Å². The summed E-state index contributed by atoms with van der Waals surface area (Å²) in [6, 6.07) is 7.34. The second kappa shape index (κ2) is 18.2. The Bertz CT molecular complexity index is 3230. The summed E-state index contributed by atoms with van der Waals surface area (Å²) in [5, 5.41) is 27.9. The van der Waals surface area contributed by atoms with Crippen molar-refractivity contribution < 1.29 is 19.1 Å². The van der Waals surface area contributed by atoms with Crippen LogP contribution in [0.1, 0.15) is 114 Å². The molecule has 0 bridgehead atoms. The summed E-state index contributed by atoms with van der Waals surface area (Å²) < 4.78 is 28.3. The van der Waals surface area contributed by atoms with Gasteiger partial charge in [0.2, 0.25) is 0 Å². The molecule has 0 radical (unpaired) electrons. The van der Waals surface area contributed by atoms with Crippen LogP contribution in [0.15, 0.2) is 55.2 Å². The Kier molecular flexibility index (Phi) is 12.2. The fraction of sp³-hybridized carbons (Fsp3) is 0.458. The molecule has 8 aromatic heterocycles. The zero-order valence-corrected chi connectivity index (χ0v) is 42.7. The number of anilines is 4. The predicted molar refractivity (Wildman–Crippen MR) is 268 cm³/mol. The van der Waals surface area contributed by atoms with Crippen LogP contribution in [0.25, 0.3) is 33.5 Å². The molecule has 2 amide bonds. The van der Waals surface area contributed by atoms with Crippen molar-refractivity contribution in [1.29, 1.82) is 0 Å². The highest BCUT2D eigenvalue weighted by atomic mass is 32.1. The number of hydrogen-bond donors (Lipinski definition) is 2. The molecule has 0 aliphatic carbocycles. The molecule has 0 spiro atoms. The van der Waals surface area contributed by atoms with Crippen LogP contribution < -0.4 is 15.5 Å². The number of amides is 2. The number of nitrogens with one attached hydrogen (secondary N) is 2. The number of aromatic nitrogens is 12. The van der Waals surface area contributed by atoms with Crippen LogP contribution in [0.4, 0.5) is 31.2 Å². The lowest BCUT2D eigenvalue weighted by Gasteiger charge is -2.39. The second-order valence-corrected chi connectivity index (χ2v) is 21.8. The van der Waals surface area contributed by atoms with Crippen molar-refractivity contribution in [2.45, 2.75) is 110 Å². The average Bonchev–Trinajstić information content (AvgIpc) is 4.18. The van der Waals surface area contributed by atoms with Crippen molar-refractivity contribution >= 4 is 68.2 Å². The van der Waals surface area contributed by atoms with Gasteiger partial charge in [-0.2, -0.15) is 38.2 Å². The molecule has 366 valence electrons. The maximum absolute atomic E-state index is 14.7. The van der Waals surface area contributed by atoms with Crippen molar-refractivity contribution in [1.82, 2.24) is 67.7 Å². The lowest BCUT2D eigenvalue weighted by atomic mass is 9.87. The van der Waals surface area contributed by atoms with Gasteiger partial charge in [-0.1, -0.05) is 0 Å². The molecule has 3 atom stereocenters. The minimum absolute atomic E-state index is 0.218. The molecule has 10 rings (SSSR count). The quantitative estimate of drug-likeness (QED) is 0.138. The van der Waals surface area contributed by atoms with Crippen molar-refractivity contribution in [2.24, 2.45) is 14.1 Å². The normalized spacial score (nSPS) is 17.9. The van der Waals surface area contributed by atoms with Crippen LogP contribution in [0.5, 0.6) is 0 Å².